The van der Waals surface area contributed by atoms with E-state index in [-0.39, 0.29) is 5.91 Å². The second kappa shape index (κ2) is 7.00. The monoisotopic (exact) mass is 351 g/mol. The van der Waals surface area contributed by atoms with Gasteiger partial charge in [0, 0.05) is 19.2 Å². The number of aromatic amines is 2. The topological polar surface area (TPSA) is 86.0 Å². The number of H-pyrrole nitrogens is 2. The van der Waals surface area contributed by atoms with Crippen molar-refractivity contribution in [1.82, 2.24) is 14.9 Å². The number of likely N-dealkylation sites (N-methyl/N-ethyl adjacent to an activating group) is 1. The first-order valence-electron chi connectivity index (χ1n) is 8.40. The predicted molar refractivity (Wildman–Crippen MR) is 101 cm³/mol. The SMILES string of the molecule is Cc1cc2[nH]c(=O)c(=O)[nH]c2c(CN(C)C(=O)Cc2ccccc2)c1C. The third kappa shape index (κ3) is 3.44. The zero-order valence-electron chi connectivity index (χ0n) is 15.1. The van der Waals surface area contributed by atoms with E-state index in [0.29, 0.717) is 24.0 Å². The van der Waals surface area contributed by atoms with Crippen LogP contribution in [0.1, 0.15) is 22.3 Å². The van der Waals surface area contributed by atoms with Crippen molar-refractivity contribution < 1.29 is 4.79 Å². The van der Waals surface area contributed by atoms with E-state index in [2.05, 4.69) is 9.97 Å². The maximum Gasteiger partial charge on any atom is 0.314 e. The molecule has 1 aromatic heterocycles. The summed E-state index contributed by atoms with van der Waals surface area (Å²) in [6.07, 6.45) is 0.313. The zero-order valence-corrected chi connectivity index (χ0v) is 15.1. The lowest BCUT2D eigenvalue weighted by Gasteiger charge is -2.21. The number of carbonyl (C=O) groups excluding carboxylic acids is 1. The fourth-order valence-corrected chi connectivity index (χ4v) is 3.00. The number of nitrogens with one attached hydrogen (secondary N) is 2. The molecule has 26 heavy (non-hydrogen) atoms. The highest BCUT2D eigenvalue weighted by atomic mass is 16.2. The Morgan fingerprint density at radius 1 is 1.04 bits per heavy atom. The summed E-state index contributed by atoms with van der Waals surface area (Å²) in [4.78, 5) is 42.8. The third-order valence-corrected chi connectivity index (χ3v) is 4.69. The lowest BCUT2D eigenvalue weighted by molar-refractivity contribution is -0.129. The summed E-state index contributed by atoms with van der Waals surface area (Å²) >= 11 is 0. The van der Waals surface area contributed by atoms with Crippen molar-refractivity contribution in [1.29, 1.82) is 0 Å². The number of aryl methyl sites for hydroxylation is 1. The van der Waals surface area contributed by atoms with E-state index < -0.39 is 11.1 Å². The molecule has 0 aliphatic heterocycles. The van der Waals surface area contributed by atoms with Crippen LogP contribution in [-0.2, 0) is 17.8 Å². The van der Waals surface area contributed by atoms with Gasteiger partial charge in [-0.15, -0.1) is 0 Å². The quantitative estimate of drug-likeness (QED) is 0.705. The summed E-state index contributed by atoms with van der Waals surface area (Å²) < 4.78 is 0. The average molecular weight is 351 g/mol. The Balaban J connectivity index is 1.96. The van der Waals surface area contributed by atoms with Gasteiger partial charge in [-0.05, 0) is 36.6 Å². The first-order chi connectivity index (χ1) is 12.4. The number of rotatable bonds is 4. The molecule has 0 saturated heterocycles. The summed E-state index contributed by atoms with van der Waals surface area (Å²) in [5, 5.41) is 0. The largest absolute Gasteiger partial charge is 0.341 e. The molecule has 1 heterocycles. The number of aromatic nitrogens is 2. The van der Waals surface area contributed by atoms with Crippen LogP contribution in [0.3, 0.4) is 0 Å². The zero-order chi connectivity index (χ0) is 18.8. The van der Waals surface area contributed by atoms with Crippen LogP contribution < -0.4 is 11.1 Å². The number of carbonyl (C=O) groups is 1. The Morgan fingerprint density at radius 2 is 1.69 bits per heavy atom. The molecule has 6 nitrogen and oxygen atoms in total. The molecule has 0 spiro atoms. The van der Waals surface area contributed by atoms with Crippen LogP contribution in [-0.4, -0.2) is 27.8 Å². The third-order valence-electron chi connectivity index (χ3n) is 4.69. The smallest absolute Gasteiger partial charge is 0.314 e. The lowest BCUT2D eigenvalue weighted by Crippen LogP contribution is -2.31. The van der Waals surface area contributed by atoms with Gasteiger partial charge in [-0.25, -0.2) is 0 Å². The summed E-state index contributed by atoms with van der Waals surface area (Å²) in [6, 6.07) is 11.4. The molecule has 0 fully saturated rings. The number of hydrogen-bond acceptors (Lipinski definition) is 3. The summed E-state index contributed by atoms with van der Waals surface area (Å²) in [5.74, 6) is -0.0166. The van der Waals surface area contributed by atoms with E-state index in [4.69, 9.17) is 0 Å². The molecule has 0 atom stereocenters. The van der Waals surface area contributed by atoms with Gasteiger partial charge in [-0.1, -0.05) is 30.3 Å². The molecule has 0 radical (unpaired) electrons. The summed E-state index contributed by atoms with van der Waals surface area (Å²) in [7, 11) is 1.74. The van der Waals surface area contributed by atoms with Crippen molar-refractivity contribution in [2.45, 2.75) is 26.8 Å². The van der Waals surface area contributed by atoms with Crippen molar-refractivity contribution >= 4 is 16.9 Å². The van der Waals surface area contributed by atoms with Crippen LogP contribution in [0.2, 0.25) is 0 Å². The molecular formula is C20H21N3O3. The number of hydrogen-bond donors (Lipinski definition) is 2. The minimum absolute atomic E-state index is 0.0166. The summed E-state index contributed by atoms with van der Waals surface area (Å²) in [5.41, 5.74) is 3.51. The molecule has 6 heteroatoms. The Bertz CT molecular complexity index is 1080. The van der Waals surface area contributed by atoms with Crippen LogP contribution in [0.5, 0.6) is 0 Å². The average Bonchev–Trinajstić information content (AvgIpc) is 2.61. The van der Waals surface area contributed by atoms with Gasteiger partial charge in [0.05, 0.1) is 17.5 Å². The maximum absolute atomic E-state index is 12.6. The summed E-state index contributed by atoms with van der Waals surface area (Å²) in [6.45, 7) is 4.23. The maximum atomic E-state index is 12.6. The molecule has 3 rings (SSSR count). The van der Waals surface area contributed by atoms with E-state index in [0.717, 1.165) is 22.3 Å². The van der Waals surface area contributed by atoms with E-state index in [1.54, 1.807) is 11.9 Å². The van der Waals surface area contributed by atoms with Crippen molar-refractivity contribution in [2.75, 3.05) is 7.05 Å². The van der Waals surface area contributed by atoms with Crippen molar-refractivity contribution in [3.8, 4) is 0 Å². The molecule has 0 aliphatic rings. The normalized spacial score (nSPS) is 10.9. The van der Waals surface area contributed by atoms with Gasteiger partial charge >= 0.3 is 11.1 Å². The van der Waals surface area contributed by atoms with E-state index >= 15 is 0 Å². The van der Waals surface area contributed by atoms with E-state index in [1.165, 1.54) is 0 Å². The van der Waals surface area contributed by atoms with Crippen molar-refractivity contribution in [3.63, 3.8) is 0 Å². The second-order valence-electron chi connectivity index (χ2n) is 6.54. The number of fused-ring (bicyclic) bond motifs is 1. The molecule has 0 saturated carbocycles. The predicted octanol–water partition coefficient (Wildman–Crippen LogP) is 2.03. The molecule has 134 valence electrons. The first kappa shape index (κ1) is 17.7. The first-order valence-corrected chi connectivity index (χ1v) is 8.40. The molecule has 0 bridgehead atoms. The van der Waals surface area contributed by atoms with Gasteiger partial charge in [0.2, 0.25) is 5.91 Å². The minimum atomic E-state index is -0.694. The van der Waals surface area contributed by atoms with Crippen molar-refractivity contribution in [2.24, 2.45) is 0 Å². The molecular weight excluding hydrogens is 330 g/mol. The Morgan fingerprint density at radius 3 is 2.38 bits per heavy atom. The minimum Gasteiger partial charge on any atom is -0.341 e. The molecule has 3 aromatic rings. The highest BCUT2D eigenvalue weighted by molar-refractivity contribution is 5.82. The fraction of sp³-hybridized carbons (Fsp3) is 0.250. The highest BCUT2D eigenvalue weighted by Gasteiger charge is 2.16. The van der Waals surface area contributed by atoms with E-state index in [9.17, 15) is 14.4 Å². The standard InChI is InChI=1S/C20H21N3O3/c1-12-9-16-18(22-20(26)19(25)21-16)15(13(12)2)11-23(3)17(24)10-14-7-5-4-6-8-14/h4-9H,10-11H2,1-3H3,(H,21,25)(H,22,26). The van der Waals surface area contributed by atoms with Crippen LogP contribution in [0, 0.1) is 13.8 Å². The van der Waals surface area contributed by atoms with Crippen molar-refractivity contribution in [3.05, 3.63) is 79.4 Å². The Labute approximate surface area is 150 Å². The number of nitrogens with zero attached hydrogens (tertiary/aromatic N) is 1. The van der Waals surface area contributed by atoms with E-state index in [1.807, 2.05) is 50.2 Å². The number of amides is 1. The van der Waals surface area contributed by atoms with Crippen LogP contribution in [0.25, 0.3) is 11.0 Å². The van der Waals surface area contributed by atoms with Crippen LogP contribution in [0.4, 0.5) is 0 Å². The van der Waals surface area contributed by atoms with Gasteiger partial charge in [0.15, 0.2) is 0 Å². The lowest BCUT2D eigenvalue weighted by atomic mass is 10.0. The number of benzene rings is 2. The van der Waals surface area contributed by atoms with Gasteiger partial charge in [0.25, 0.3) is 0 Å². The van der Waals surface area contributed by atoms with Gasteiger partial charge in [0.1, 0.15) is 0 Å². The second-order valence-corrected chi connectivity index (χ2v) is 6.54. The fourth-order valence-electron chi connectivity index (χ4n) is 3.00. The highest BCUT2D eigenvalue weighted by Crippen LogP contribution is 2.23. The van der Waals surface area contributed by atoms with Crippen LogP contribution >= 0.6 is 0 Å². The van der Waals surface area contributed by atoms with Gasteiger partial charge in [-0.3, -0.25) is 14.4 Å². The van der Waals surface area contributed by atoms with Crippen LogP contribution in [0.15, 0.2) is 46.0 Å². The molecule has 1 amide bonds. The Hall–Kier alpha value is -3.15. The molecule has 0 unspecified atom stereocenters. The molecule has 2 aromatic carbocycles. The Kier molecular flexibility index (Phi) is 4.75. The van der Waals surface area contributed by atoms with Gasteiger partial charge in [-0.2, -0.15) is 0 Å². The van der Waals surface area contributed by atoms with Gasteiger partial charge < -0.3 is 14.9 Å². The molecule has 0 aliphatic carbocycles. The molecule has 2 N–H and O–H groups in total.